The Bertz CT molecular complexity index is 965. The Balaban J connectivity index is 1.77. The Morgan fingerprint density at radius 3 is 2.28 bits per heavy atom. The third-order valence-corrected chi connectivity index (χ3v) is 4.54. The normalized spacial score (nSPS) is 10.3. The maximum absolute atomic E-state index is 12.6. The Morgan fingerprint density at radius 1 is 1.00 bits per heavy atom. The number of methoxy groups -OCH3 is 2. The van der Waals surface area contributed by atoms with E-state index in [1.54, 1.807) is 44.7 Å². The van der Waals surface area contributed by atoms with E-state index < -0.39 is 0 Å². The molecule has 0 saturated heterocycles. The highest BCUT2D eigenvalue weighted by Gasteiger charge is 2.12. The molecule has 0 atom stereocenters. The number of carbonyl (C=O) groups is 1. The van der Waals surface area contributed by atoms with E-state index >= 15 is 0 Å². The van der Waals surface area contributed by atoms with Gasteiger partial charge in [0.05, 0.1) is 26.1 Å². The second-order valence-corrected chi connectivity index (χ2v) is 6.54. The number of ether oxygens (including phenoxy) is 2. The van der Waals surface area contributed by atoms with Crippen molar-refractivity contribution in [2.75, 3.05) is 31.0 Å². The van der Waals surface area contributed by atoms with E-state index in [-0.39, 0.29) is 5.91 Å². The van der Waals surface area contributed by atoms with E-state index in [4.69, 9.17) is 9.47 Å². The summed E-state index contributed by atoms with van der Waals surface area (Å²) >= 11 is 0. The first-order valence-electron chi connectivity index (χ1n) is 9.38. The molecule has 0 radical (unpaired) electrons. The van der Waals surface area contributed by atoms with E-state index in [0.29, 0.717) is 22.9 Å². The van der Waals surface area contributed by atoms with Crippen molar-refractivity contribution in [3.8, 4) is 11.5 Å². The fourth-order valence-corrected chi connectivity index (χ4v) is 3.06. The average Bonchev–Trinajstić information content (AvgIpc) is 2.75. The zero-order chi connectivity index (χ0) is 20.8. The van der Waals surface area contributed by atoms with Gasteiger partial charge in [-0.05, 0) is 55.8 Å². The van der Waals surface area contributed by atoms with Gasteiger partial charge < -0.3 is 19.7 Å². The minimum absolute atomic E-state index is 0.284. The van der Waals surface area contributed by atoms with Gasteiger partial charge in [-0.2, -0.15) is 0 Å². The summed E-state index contributed by atoms with van der Waals surface area (Å²) in [5.41, 5.74) is 3.70. The zero-order valence-electron chi connectivity index (χ0n) is 17.1. The molecule has 0 aliphatic rings. The highest BCUT2D eigenvalue weighted by molar-refractivity contribution is 6.04. The van der Waals surface area contributed by atoms with Gasteiger partial charge in [-0.3, -0.25) is 4.79 Å². The summed E-state index contributed by atoms with van der Waals surface area (Å²) in [6, 6.07) is 17.1. The van der Waals surface area contributed by atoms with Crippen molar-refractivity contribution in [1.82, 2.24) is 4.98 Å². The molecule has 3 aromatic rings. The molecule has 2 aromatic carbocycles. The predicted octanol–water partition coefficient (Wildman–Crippen LogP) is 4.82. The Hall–Kier alpha value is -3.54. The fourth-order valence-electron chi connectivity index (χ4n) is 3.06. The molecule has 3 rings (SSSR count). The standard InChI is InChI=1S/C23H25N3O3/c1-5-26(18-8-6-7-16(2)11-18)19-9-10-22(24-15-19)25-23(27)17-12-20(28-3)14-21(13-17)29-4/h6-15H,5H2,1-4H3,(H,24,25,27). The first-order valence-corrected chi connectivity index (χ1v) is 9.38. The van der Waals surface area contributed by atoms with Gasteiger partial charge in [-0.1, -0.05) is 12.1 Å². The topological polar surface area (TPSA) is 63.7 Å². The molecule has 0 saturated carbocycles. The van der Waals surface area contributed by atoms with Gasteiger partial charge in [0.15, 0.2) is 0 Å². The number of pyridine rings is 1. The molecule has 0 aliphatic carbocycles. The van der Waals surface area contributed by atoms with Crippen molar-refractivity contribution in [2.24, 2.45) is 0 Å². The summed E-state index contributed by atoms with van der Waals surface area (Å²) in [5.74, 6) is 1.29. The molecule has 0 spiro atoms. The van der Waals surface area contributed by atoms with Crippen LogP contribution < -0.4 is 19.7 Å². The molecule has 29 heavy (non-hydrogen) atoms. The van der Waals surface area contributed by atoms with Crippen LogP contribution in [-0.4, -0.2) is 31.7 Å². The van der Waals surface area contributed by atoms with E-state index in [1.807, 2.05) is 12.1 Å². The Labute approximate surface area is 171 Å². The Morgan fingerprint density at radius 2 is 1.72 bits per heavy atom. The van der Waals surface area contributed by atoms with Gasteiger partial charge >= 0.3 is 0 Å². The van der Waals surface area contributed by atoms with Gasteiger partial charge in [-0.25, -0.2) is 4.98 Å². The third kappa shape index (κ3) is 4.85. The number of rotatable bonds is 7. The number of nitrogens with one attached hydrogen (secondary N) is 1. The van der Waals surface area contributed by atoms with Crippen molar-refractivity contribution >= 4 is 23.1 Å². The molecule has 6 heteroatoms. The van der Waals surface area contributed by atoms with Gasteiger partial charge in [0.1, 0.15) is 17.3 Å². The molecule has 1 N–H and O–H groups in total. The van der Waals surface area contributed by atoms with Crippen LogP contribution in [0.3, 0.4) is 0 Å². The van der Waals surface area contributed by atoms with E-state index in [2.05, 4.69) is 47.2 Å². The van der Waals surface area contributed by atoms with E-state index in [0.717, 1.165) is 17.9 Å². The largest absolute Gasteiger partial charge is 0.497 e. The van der Waals surface area contributed by atoms with Gasteiger partial charge in [0.2, 0.25) is 0 Å². The highest BCUT2D eigenvalue weighted by Crippen LogP contribution is 2.26. The summed E-state index contributed by atoms with van der Waals surface area (Å²) in [5, 5.41) is 2.81. The van der Waals surface area contributed by atoms with E-state index in [9.17, 15) is 4.79 Å². The Kier molecular flexibility index (Phi) is 6.34. The number of aromatic nitrogens is 1. The number of carbonyl (C=O) groups excluding carboxylic acids is 1. The van der Waals surface area contributed by atoms with Crippen LogP contribution in [0.2, 0.25) is 0 Å². The number of nitrogens with zero attached hydrogens (tertiary/aromatic N) is 2. The van der Waals surface area contributed by atoms with Gasteiger partial charge in [-0.15, -0.1) is 0 Å². The van der Waals surface area contributed by atoms with Crippen molar-refractivity contribution in [2.45, 2.75) is 13.8 Å². The molecule has 0 unspecified atom stereocenters. The molecule has 1 aromatic heterocycles. The van der Waals surface area contributed by atoms with Crippen LogP contribution in [0, 0.1) is 6.92 Å². The van der Waals surface area contributed by atoms with Gasteiger partial charge in [0.25, 0.3) is 5.91 Å². The third-order valence-electron chi connectivity index (χ3n) is 4.54. The molecule has 0 aliphatic heterocycles. The van der Waals surface area contributed by atoms with Crippen molar-refractivity contribution in [3.05, 3.63) is 71.9 Å². The SMILES string of the molecule is CCN(c1ccc(NC(=O)c2cc(OC)cc(OC)c2)nc1)c1cccc(C)c1. The first-order chi connectivity index (χ1) is 14.0. The average molecular weight is 391 g/mol. The summed E-state index contributed by atoms with van der Waals surface area (Å²) < 4.78 is 10.4. The number of hydrogen-bond donors (Lipinski definition) is 1. The van der Waals surface area contributed by atoms with Gasteiger partial charge in [0, 0.05) is 23.9 Å². The highest BCUT2D eigenvalue weighted by atomic mass is 16.5. The van der Waals surface area contributed by atoms with E-state index in [1.165, 1.54) is 5.56 Å². The monoisotopic (exact) mass is 391 g/mol. The first kappa shape index (κ1) is 20.2. The van der Waals surface area contributed by atoms with Crippen LogP contribution in [0.5, 0.6) is 11.5 Å². The molecular weight excluding hydrogens is 366 g/mol. The summed E-state index contributed by atoms with van der Waals surface area (Å²) in [4.78, 5) is 19.2. The maximum Gasteiger partial charge on any atom is 0.257 e. The fraction of sp³-hybridized carbons (Fsp3) is 0.217. The summed E-state index contributed by atoms with van der Waals surface area (Å²) in [6.45, 7) is 4.97. The quantitative estimate of drug-likeness (QED) is 0.626. The summed E-state index contributed by atoms with van der Waals surface area (Å²) in [7, 11) is 3.09. The molecule has 1 amide bonds. The number of hydrogen-bond acceptors (Lipinski definition) is 5. The van der Waals surface area contributed by atoms with Crippen LogP contribution in [0.25, 0.3) is 0 Å². The van der Waals surface area contributed by atoms with Crippen molar-refractivity contribution in [1.29, 1.82) is 0 Å². The lowest BCUT2D eigenvalue weighted by Gasteiger charge is -2.23. The molecule has 0 bridgehead atoms. The van der Waals surface area contributed by atoms with Crippen LogP contribution in [-0.2, 0) is 0 Å². The molecule has 6 nitrogen and oxygen atoms in total. The second kappa shape index (κ2) is 9.10. The number of anilines is 3. The smallest absolute Gasteiger partial charge is 0.257 e. The van der Waals surface area contributed by atoms with Crippen LogP contribution in [0.15, 0.2) is 60.8 Å². The molecule has 1 heterocycles. The van der Waals surface area contributed by atoms with Crippen LogP contribution in [0.4, 0.5) is 17.2 Å². The number of amides is 1. The zero-order valence-corrected chi connectivity index (χ0v) is 17.1. The molecule has 150 valence electrons. The predicted molar refractivity (Wildman–Crippen MR) is 116 cm³/mol. The van der Waals surface area contributed by atoms with Crippen molar-refractivity contribution in [3.63, 3.8) is 0 Å². The summed E-state index contributed by atoms with van der Waals surface area (Å²) in [6.07, 6.45) is 1.76. The molecular formula is C23H25N3O3. The lowest BCUT2D eigenvalue weighted by molar-refractivity contribution is 0.102. The second-order valence-electron chi connectivity index (χ2n) is 6.54. The lowest BCUT2D eigenvalue weighted by Crippen LogP contribution is -2.17. The number of benzene rings is 2. The maximum atomic E-state index is 12.6. The minimum atomic E-state index is -0.284. The minimum Gasteiger partial charge on any atom is -0.497 e. The van der Waals surface area contributed by atoms with Crippen LogP contribution >= 0.6 is 0 Å². The molecule has 0 fully saturated rings. The van der Waals surface area contributed by atoms with Crippen molar-refractivity contribution < 1.29 is 14.3 Å². The number of aryl methyl sites for hydroxylation is 1. The van der Waals surface area contributed by atoms with Crippen LogP contribution in [0.1, 0.15) is 22.8 Å². The lowest BCUT2D eigenvalue weighted by atomic mass is 10.2.